The summed E-state index contributed by atoms with van der Waals surface area (Å²) < 4.78 is 10.3. The predicted molar refractivity (Wildman–Crippen MR) is 137 cm³/mol. The van der Waals surface area contributed by atoms with Gasteiger partial charge in [0.2, 0.25) is 0 Å². The maximum atomic E-state index is 11.8. The second-order valence-corrected chi connectivity index (χ2v) is 8.87. The van der Waals surface area contributed by atoms with Gasteiger partial charge in [0, 0.05) is 19.6 Å². The summed E-state index contributed by atoms with van der Waals surface area (Å²) in [4.78, 5) is 11.8. The molecule has 0 radical (unpaired) electrons. The van der Waals surface area contributed by atoms with E-state index in [1.807, 2.05) is 13.8 Å². The minimum Gasteiger partial charge on any atom is -0.465 e. The van der Waals surface area contributed by atoms with Crippen molar-refractivity contribution in [3.63, 3.8) is 0 Å². The van der Waals surface area contributed by atoms with Crippen LogP contribution in [-0.2, 0) is 14.3 Å². The Bertz CT molecular complexity index is 328. The van der Waals surface area contributed by atoms with Gasteiger partial charge in [0.05, 0.1) is 6.61 Å². The van der Waals surface area contributed by atoms with E-state index in [-0.39, 0.29) is 5.97 Å². The molecular formula is C28H58O3. The summed E-state index contributed by atoms with van der Waals surface area (Å²) in [5.41, 5.74) is 0. The van der Waals surface area contributed by atoms with Crippen LogP contribution in [0.15, 0.2) is 0 Å². The Kier molecular flexibility index (Phi) is 31.0. The number of carbonyl (C=O) groups excluding carboxylic acids is 1. The molecule has 0 aromatic carbocycles. The first-order valence-corrected chi connectivity index (χ1v) is 13.9. The van der Waals surface area contributed by atoms with E-state index in [0.717, 1.165) is 26.1 Å². The number of rotatable bonds is 22. The predicted octanol–water partition coefficient (Wildman–Crippen LogP) is 9.27. The second-order valence-electron chi connectivity index (χ2n) is 8.87. The number of hydrogen-bond acceptors (Lipinski definition) is 3. The summed E-state index contributed by atoms with van der Waals surface area (Å²) in [6.45, 7) is 13.0. The Morgan fingerprint density at radius 3 is 1.45 bits per heavy atom. The van der Waals surface area contributed by atoms with E-state index in [9.17, 15) is 4.79 Å². The van der Waals surface area contributed by atoms with Crippen molar-refractivity contribution in [3.05, 3.63) is 0 Å². The minimum atomic E-state index is 0.0167. The van der Waals surface area contributed by atoms with Crippen molar-refractivity contribution in [2.75, 3.05) is 19.8 Å². The van der Waals surface area contributed by atoms with Gasteiger partial charge in [0.15, 0.2) is 0 Å². The Hall–Kier alpha value is -0.570. The number of ether oxygens (including phenoxy) is 2. The van der Waals surface area contributed by atoms with E-state index in [1.54, 1.807) is 0 Å². The maximum Gasteiger partial charge on any atom is 0.305 e. The van der Waals surface area contributed by atoms with Gasteiger partial charge in [-0.05, 0) is 32.6 Å². The van der Waals surface area contributed by atoms with Crippen LogP contribution in [0, 0.1) is 5.92 Å². The van der Waals surface area contributed by atoms with E-state index in [0.29, 0.717) is 18.9 Å². The van der Waals surface area contributed by atoms with Crippen LogP contribution in [0.1, 0.15) is 150 Å². The fourth-order valence-electron chi connectivity index (χ4n) is 3.67. The topological polar surface area (TPSA) is 35.5 Å². The van der Waals surface area contributed by atoms with Gasteiger partial charge in [-0.15, -0.1) is 0 Å². The highest BCUT2D eigenvalue weighted by Gasteiger charge is 2.09. The molecule has 188 valence electrons. The first kappa shape index (κ1) is 32.6. The molecule has 0 heterocycles. The zero-order valence-corrected chi connectivity index (χ0v) is 22.2. The third kappa shape index (κ3) is 29.4. The summed E-state index contributed by atoms with van der Waals surface area (Å²) in [5, 5.41) is 0. The Labute approximate surface area is 196 Å². The standard InChI is InChI=1S/C24H48O2.C4H10O/c1-4-7-9-10-11-12-13-14-15-16-17-18-19-21-24(25)26-22-23(6-3)20-8-5-2;1-3-5-4-2/h23H,4-22H2,1-3H3;3-4H2,1-2H3. The molecule has 3 heteroatoms. The fraction of sp³-hybridized carbons (Fsp3) is 0.964. The molecule has 0 saturated carbocycles. The fourth-order valence-corrected chi connectivity index (χ4v) is 3.67. The first-order chi connectivity index (χ1) is 15.2. The summed E-state index contributed by atoms with van der Waals surface area (Å²) in [7, 11) is 0. The highest BCUT2D eigenvalue weighted by molar-refractivity contribution is 5.69. The highest BCUT2D eigenvalue weighted by Crippen LogP contribution is 2.15. The van der Waals surface area contributed by atoms with Crippen LogP contribution in [0.5, 0.6) is 0 Å². The molecule has 0 aliphatic rings. The molecule has 0 spiro atoms. The van der Waals surface area contributed by atoms with E-state index < -0.39 is 0 Å². The Balaban J connectivity index is 0. The SMILES string of the molecule is CCCCCCCCCCCCCCCC(=O)OCC(CC)CCCC.CCOCC. The van der Waals surface area contributed by atoms with Gasteiger partial charge in [-0.3, -0.25) is 4.79 Å². The zero-order valence-electron chi connectivity index (χ0n) is 22.2. The van der Waals surface area contributed by atoms with E-state index in [1.165, 1.54) is 96.3 Å². The van der Waals surface area contributed by atoms with Crippen LogP contribution in [-0.4, -0.2) is 25.8 Å². The van der Waals surface area contributed by atoms with Gasteiger partial charge in [-0.25, -0.2) is 0 Å². The molecular weight excluding hydrogens is 384 g/mol. The summed E-state index contributed by atoms with van der Waals surface area (Å²) >= 11 is 0. The largest absolute Gasteiger partial charge is 0.465 e. The third-order valence-electron chi connectivity index (χ3n) is 5.92. The molecule has 0 fully saturated rings. The summed E-state index contributed by atoms with van der Waals surface area (Å²) in [5.74, 6) is 0.577. The number of hydrogen-bond donors (Lipinski definition) is 0. The van der Waals surface area contributed by atoms with Crippen molar-refractivity contribution in [1.82, 2.24) is 0 Å². The molecule has 31 heavy (non-hydrogen) atoms. The van der Waals surface area contributed by atoms with Gasteiger partial charge in [0.25, 0.3) is 0 Å². The van der Waals surface area contributed by atoms with E-state index >= 15 is 0 Å². The maximum absolute atomic E-state index is 11.8. The first-order valence-electron chi connectivity index (χ1n) is 13.9. The highest BCUT2D eigenvalue weighted by atomic mass is 16.5. The molecule has 1 unspecified atom stereocenters. The lowest BCUT2D eigenvalue weighted by atomic mass is 10.0. The molecule has 0 bridgehead atoms. The van der Waals surface area contributed by atoms with Gasteiger partial charge in [-0.1, -0.05) is 117 Å². The molecule has 1 atom stereocenters. The van der Waals surface area contributed by atoms with Gasteiger partial charge >= 0.3 is 5.97 Å². The molecule has 0 aliphatic heterocycles. The number of unbranched alkanes of at least 4 members (excludes halogenated alkanes) is 13. The molecule has 3 nitrogen and oxygen atoms in total. The smallest absolute Gasteiger partial charge is 0.305 e. The van der Waals surface area contributed by atoms with Gasteiger partial charge in [-0.2, -0.15) is 0 Å². The lowest BCUT2D eigenvalue weighted by Gasteiger charge is -2.14. The lowest BCUT2D eigenvalue weighted by Crippen LogP contribution is -2.13. The van der Waals surface area contributed by atoms with Crippen molar-refractivity contribution in [1.29, 1.82) is 0 Å². The van der Waals surface area contributed by atoms with Crippen LogP contribution < -0.4 is 0 Å². The average Bonchev–Trinajstić information content (AvgIpc) is 2.78. The molecule has 0 N–H and O–H groups in total. The average molecular weight is 443 g/mol. The van der Waals surface area contributed by atoms with Crippen molar-refractivity contribution < 1.29 is 14.3 Å². The Morgan fingerprint density at radius 1 is 0.613 bits per heavy atom. The normalized spacial score (nSPS) is 11.6. The molecule has 0 aromatic rings. The van der Waals surface area contributed by atoms with Crippen LogP contribution in [0.25, 0.3) is 0 Å². The molecule has 0 saturated heterocycles. The molecule has 0 aliphatic carbocycles. The monoisotopic (exact) mass is 442 g/mol. The minimum absolute atomic E-state index is 0.0167. The van der Waals surface area contributed by atoms with Crippen LogP contribution in [0.2, 0.25) is 0 Å². The van der Waals surface area contributed by atoms with Crippen LogP contribution in [0.3, 0.4) is 0 Å². The molecule has 0 rings (SSSR count). The van der Waals surface area contributed by atoms with Crippen molar-refractivity contribution in [3.8, 4) is 0 Å². The summed E-state index contributed by atoms with van der Waals surface area (Å²) in [6.07, 6.45) is 22.8. The van der Waals surface area contributed by atoms with Crippen LogP contribution in [0.4, 0.5) is 0 Å². The lowest BCUT2D eigenvalue weighted by molar-refractivity contribution is -0.145. The quantitative estimate of drug-likeness (QED) is 0.124. The van der Waals surface area contributed by atoms with E-state index in [4.69, 9.17) is 9.47 Å². The van der Waals surface area contributed by atoms with E-state index in [2.05, 4.69) is 20.8 Å². The molecule has 0 aromatic heterocycles. The molecule has 0 amide bonds. The zero-order chi connectivity index (χ0) is 23.4. The number of esters is 1. The second kappa shape index (κ2) is 29.4. The van der Waals surface area contributed by atoms with Crippen molar-refractivity contribution >= 4 is 5.97 Å². The number of carbonyl (C=O) groups is 1. The van der Waals surface area contributed by atoms with Gasteiger partial charge < -0.3 is 9.47 Å². The van der Waals surface area contributed by atoms with Crippen molar-refractivity contribution in [2.24, 2.45) is 5.92 Å². The van der Waals surface area contributed by atoms with Crippen molar-refractivity contribution in [2.45, 2.75) is 150 Å². The Morgan fingerprint density at radius 2 is 1.06 bits per heavy atom. The van der Waals surface area contributed by atoms with Crippen LogP contribution >= 0.6 is 0 Å². The van der Waals surface area contributed by atoms with Gasteiger partial charge in [0.1, 0.15) is 0 Å². The third-order valence-corrected chi connectivity index (χ3v) is 5.92. The summed E-state index contributed by atoms with van der Waals surface area (Å²) in [6, 6.07) is 0.